The molecule has 0 aliphatic carbocycles. The highest BCUT2D eigenvalue weighted by molar-refractivity contribution is 7.13. The van der Waals surface area contributed by atoms with Crippen LogP contribution in [0.4, 0.5) is 5.82 Å². The molecular formula is C13H13N3O2S. The minimum absolute atomic E-state index is 0.299. The number of thiophene rings is 1. The van der Waals surface area contributed by atoms with Crippen molar-refractivity contribution in [3.8, 4) is 10.6 Å². The van der Waals surface area contributed by atoms with Gasteiger partial charge in [0.05, 0.1) is 23.2 Å². The molecule has 1 N–H and O–H groups in total. The first-order valence-corrected chi connectivity index (χ1v) is 6.95. The maximum absolute atomic E-state index is 11.0. The van der Waals surface area contributed by atoms with Crippen LogP contribution >= 0.6 is 11.3 Å². The van der Waals surface area contributed by atoms with Crippen LogP contribution < -0.4 is 4.90 Å². The van der Waals surface area contributed by atoms with Crippen LogP contribution in [0.3, 0.4) is 0 Å². The largest absolute Gasteiger partial charge is 0.481 e. The van der Waals surface area contributed by atoms with E-state index in [4.69, 9.17) is 5.11 Å². The minimum atomic E-state index is -0.732. The van der Waals surface area contributed by atoms with Crippen LogP contribution in [0, 0.1) is 5.92 Å². The smallest absolute Gasteiger partial charge is 0.308 e. The van der Waals surface area contributed by atoms with Crippen LogP contribution in [0.2, 0.25) is 0 Å². The van der Waals surface area contributed by atoms with Crippen LogP contribution in [0.25, 0.3) is 10.6 Å². The van der Waals surface area contributed by atoms with Gasteiger partial charge < -0.3 is 10.0 Å². The van der Waals surface area contributed by atoms with E-state index in [9.17, 15) is 4.79 Å². The Morgan fingerprint density at radius 2 is 2.37 bits per heavy atom. The number of nitrogens with zero attached hydrogens (tertiary/aromatic N) is 3. The summed E-state index contributed by atoms with van der Waals surface area (Å²) >= 11 is 1.62. The van der Waals surface area contributed by atoms with Gasteiger partial charge in [0, 0.05) is 13.1 Å². The number of carboxylic acids is 1. The van der Waals surface area contributed by atoms with E-state index in [1.807, 2.05) is 22.4 Å². The van der Waals surface area contributed by atoms with Gasteiger partial charge in [-0.05, 0) is 17.9 Å². The van der Waals surface area contributed by atoms with Gasteiger partial charge in [0.2, 0.25) is 0 Å². The van der Waals surface area contributed by atoms with Crippen LogP contribution in [-0.2, 0) is 4.79 Å². The summed E-state index contributed by atoms with van der Waals surface area (Å²) in [5.41, 5.74) is 0.839. The fourth-order valence-corrected chi connectivity index (χ4v) is 2.90. The van der Waals surface area contributed by atoms with E-state index in [2.05, 4.69) is 9.97 Å². The van der Waals surface area contributed by atoms with Crippen molar-refractivity contribution in [1.82, 2.24) is 9.97 Å². The van der Waals surface area contributed by atoms with Gasteiger partial charge in [-0.3, -0.25) is 9.78 Å². The molecule has 0 amide bonds. The molecule has 6 heteroatoms. The maximum atomic E-state index is 11.0. The number of anilines is 1. The number of aliphatic carboxylic acids is 1. The monoisotopic (exact) mass is 275 g/mol. The molecule has 1 aliphatic rings. The molecule has 3 rings (SSSR count). The molecule has 5 nitrogen and oxygen atoms in total. The number of hydrogen-bond donors (Lipinski definition) is 1. The maximum Gasteiger partial charge on any atom is 0.308 e. The quantitative estimate of drug-likeness (QED) is 0.929. The zero-order valence-electron chi connectivity index (χ0n) is 10.2. The Labute approximate surface area is 114 Å². The molecule has 19 heavy (non-hydrogen) atoms. The van der Waals surface area contributed by atoms with E-state index in [1.165, 1.54) is 0 Å². The molecule has 2 aromatic rings. The second-order valence-corrected chi connectivity index (χ2v) is 5.46. The summed E-state index contributed by atoms with van der Waals surface area (Å²) in [4.78, 5) is 22.8. The number of carbonyl (C=O) groups is 1. The highest BCUT2D eigenvalue weighted by Crippen LogP contribution is 2.26. The lowest BCUT2D eigenvalue weighted by molar-refractivity contribution is -0.140. The number of carboxylic acid groups (broad SMARTS) is 1. The standard InChI is InChI=1S/C13H13N3O2S/c17-13(18)9-3-4-16(8-9)12-7-14-6-10(15-12)11-2-1-5-19-11/h1-2,5-7,9H,3-4,8H2,(H,17,18). The lowest BCUT2D eigenvalue weighted by Gasteiger charge is -2.16. The zero-order valence-corrected chi connectivity index (χ0v) is 11.0. The first-order valence-electron chi connectivity index (χ1n) is 6.08. The normalized spacial score (nSPS) is 18.7. The highest BCUT2D eigenvalue weighted by Gasteiger charge is 2.28. The molecule has 1 saturated heterocycles. The molecule has 1 atom stereocenters. The summed E-state index contributed by atoms with van der Waals surface area (Å²) in [6, 6.07) is 3.98. The van der Waals surface area contributed by atoms with E-state index in [-0.39, 0.29) is 5.92 Å². The Morgan fingerprint density at radius 1 is 1.47 bits per heavy atom. The van der Waals surface area contributed by atoms with Crippen LogP contribution in [0.1, 0.15) is 6.42 Å². The molecule has 1 aliphatic heterocycles. The Balaban J connectivity index is 1.83. The molecule has 0 saturated carbocycles. The lowest BCUT2D eigenvalue weighted by Crippen LogP contribution is -2.23. The fraction of sp³-hybridized carbons (Fsp3) is 0.308. The molecule has 98 valence electrons. The van der Waals surface area contributed by atoms with E-state index >= 15 is 0 Å². The molecule has 1 fully saturated rings. The third kappa shape index (κ3) is 2.44. The van der Waals surface area contributed by atoms with Crippen molar-refractivity contribution in [2.75, 3.05) is 18.0 Å². The fourth-order valence-electron chi connectivity index (χ4n) is 2.22. The van der Waals surface area contributed by atoms with Crippen LogP contribution in [0.15, 0.2) is 29.9 Å². The van der Waals surface area contributed by atoms with Crippen molar-refractivity contribution < 1.29 is 9.90 Å². The Bertz CT molecular complexity index is 585. The van der Waals surface area contributed by atoms with Gasteiger partial charge in [0.1, 0.15) is 11.5 Å². The average molecular weight is 275 g/mol. The van der Waals surface area contributed by atoms with Crippen molar-refractivity contribution in [2.45, 2.75) is 6.42 Å². The summed E-state index contributed by atoms with van der Waals surface area (Å²) in [5, 5.41) is 11.0. The molecular weight excluding hydrogens is 262 g/mol. The topological polar surface area (TPSA) is 66.3 Å². The third-order valence-corrected chi connectivity index (χ3v) is 4.15. The predicted molar refractivity (Wildman–Crippen MR) is 73.3 cm³/mol. The van der Waals surface area contributed by atoms with Gasteiger partial charge in [0.15, 0.2) is 0 Å². The minimum Gasteiger partial charge on any atom is -0.481 e. The van der Waals surface area contributed by atoms with Gasteiger partial charge in [0.25, 0.3) is 0 Å². The SMILES string of the molecule is O=C(O)C1CCN(c2cncc(-c3cccs3)n2)C1. The van der Waals surface area contributed by atoms with E-state index in [1.54, 1.807) is 23.7 Å². The molecule has 2 aromatic heterocycles. The summed E-state index contributed by atoms with van der Waals surface area (Å²) in [6.07, 6.45) is 4.10. The third-order valence-electron chi connectivity index (χ3n) is 3.26. The Kier molecular flexibility index (Phi) is 3.16. The molecule has 0 spiro atoms. The molecule has 0 radical (unpaired) electrons. The molecule has 1 unspecified atom stereocenters. The zero-order chi connectivity index (χ0) is 13.2. The Hall–Kier alpha value is -1.95. The van der Waals surface area contributed by atoms with Crippen molar-refractivity contribution >= 4 is 23.1 Å². The van der Waals surface area contributed by atoms with Crippen molar-refractivity contribution in [1.29, 1.82) is 0 Å². The summed E-state index contributed by atoms with van der Waals surface area (Å²) in [5.74, 6) is -0.272. The van der Waals surface area contributed by atoms with Crippen molar-refractivity contribution in [3.63, 3.8) is 0 Å². The van der Waals surface area contributed by atoms with Gasteiger partial charge in [-0.1, -0.05) is 6.07 Å². The number of aromatic nitrogens is 2. The molecule has 0 bridgehead atoms. The summed E-state index contributed by atoms with van der Waals surface area (Å²) < 4.78 is 0. The van der Waals surface area contributed by atoms with E-state index in [0.29, 0.717) is 13.0 Å². The number of hydrogen-bond acceptors (Lipinski definition) is 5. The Morgan fingerprint density at radius 3 is 3.05 bits per heavy atom. The lowest BCUT2D eigenvalue weighted by atomic mass is 10.1. The van der Waals surface area contributed by atoms with Crippen molar-refractivity contribution in [2.24, 2.45) is 5.92 Å². The first-order chi connectivity index (χ1) is 9.24. The van der Waals surface area contributed by atoms with Crippen LogP contribution in [-0.4, -0.2) is 34.1 Å². The van der Waals surface area contributed by atoms with Crippen LogP contribution in [0.5, 0.6) is 0 Å². The average Bonchev–Trinajstić information content (AvgIpc) is 3.10. The number of rotatable bonds is 3. The summed E-state index contributed by atoms with van der Waals surface area (Å²) in [7, 11) is 0. The van der Waals surface area contributed by atoms with E-state index < -0.39 is 5.97 Å². The highest BCUT2D eigenvalue weighted by atomic mass is 32.1. The summed E-state index contributed by atoms with van der Waals surface area (Å²) in [6.45, 7) is 1.23. The molecule has 0 aromatic carbocycles. The predicted octanol–water partition coefficient (Wildman–Crippen LogP) is 2.12. The first kappa shape index (κ1) is 12.1. The van der Waals surface area contributed by atoms with Gasteiger partial charge in [-0.25, -0.2) is 4.98 Å². The van der Waals surface area contributed by atoms with Gasteiger partial charge in [-0.2, -0.15) is 0 Å². The second kappa shape index (κ2) is 4.97. The van der Waals surface area contributed by atoms with Gasteiger partial charge >= 0.3 is 5.97 Å². The van der Waals surface area contributed by atoms with Crippen molar-refractivity contribution in [3.05, 3.63) is 29.9 Å². The van der Waals surface area contributed by atoms with E-state index in [0.717, 1.165) is 22.9 Å². The second-order valence-electron chi connectivity index (χ2n) is 4.51. The molecule has 3 heterocycles. The van der Waals surface area contributed by atoms with Gasteiger partial charge in [-0.15, -0.1) is 11.3 Å².